The van der Waals surface area contributed by atoms with Gasteiger partial charge in [0.15, 0.2) is 0 Å². The summed E-state index contributed by atoms with van der Waals surface area (Å²) >= 11 is 1.80. The molecule has 1 aliphatic rings. The fourth-order valence-electron chi connectivity index (χ4n) is 3.25. The summed E-state index contributed by atoms with van der Waals surface area (Å²) in [6, 6.07) is 19.4. The van der Waals surface area contributed by atoms with Crippen LogP contribution in [0.5, 0.6) is 0 Å². The highest BCUT2D eigenvalue weighted by Gasteiger charge is 2.22. The van der Waals surface area contributed by atoms with E-state index in [1.54, 1.807) is 11.8 Å². The number of ether oxygens (including phenoxy) is 1. The van der Waals surface area contributed by atoms with Crippen molar-refractivity contribution >= 4 is 17.7 Å². The molecular formula is C23H23FN2OS. The third kappa shape index (κ3) is 4.47. The molecule has 1 aliphatic heterocycles. The van der Waals surface area contributed by atoms with E-state index >= 15 is 0 Å². The van der Waals surface area contributed by atoms with E-state index < -0.39 is 0 Å². The van der Waals surface area contributed by atoms with Gasteiger partial charge in [-0.1, -0.05) is 36.4 Å². The third-order valence-corrected chi connectivity index (χ3v) is 6.01. The summed E-state index contributed by atoms with van der Waals surface area (Å²) in [6.07, 6.45) is 2.07. The van der Waals surface area contributed by atoms with E-state index in [0.717, 1.165) is 35.2 Å². The summed E-state index contributed by atoms with van der Waals surface area (Å²) < 4.78 is 21.1. The van der Waals surface area contributed by atoms with Crippen molar-refractivity contribution in [2.75, 3.05) is 12.4 Å². The van der Waals surface area contributed by atoms with Crippen LogP contribution in [0.2, 0.25) is 0 Å². The molecule has 0 bridgehead atoms. The van der Waals surface area contributed by atoms with E-state index in [1.807, 2.05) is 18.2 Å². The Morgan fingerprint density at radius 1 is 1.11 bits per heavy atom. The number of hydrogen-bond acceptors (Lipinski definition) is 3. The van der Waals surface area contributed by atoms with Crippen molar-refractivity contribution in [3.8, 4) is 0 Å². The predicted octanol–water partition coefficient (Wildman–Crippen LogP) is 5.06. The van der Waals surface area contributed by atoms with E-state index in [2.05, 4.69) is 48.0 Å². The van der Waals surface area contributed by atoms with Crippen molar-refractivity contribution < 1.29 is 9.13 Å². The van der Waals surface area contributed by atoms with Crippen molar-refractivity contribution in [3.63, 3.8) is 0 Å². The smallest absolute Gasteiger partial charge is 0.233 e. The number of aryl methyl sites for hydroxylation is 1. The molecule has 0 fully saturated rings. The lowest BCUT2D eigenvalue weighted by atomic mass is 10.1. The molecule has 0 saturated heterocycles. The highest BCUT2D eigenvalue weighted by atomic mass is 32.2. The van der Waals surface area contributed by atoms with Crippen LogP contribution in [-0.4, -0.2) is 28.9 Å². The van der Waals surface area contributed by atoms with Crippen molar-refractivity contribution in [1.82, 2.24) is 4.57 Å². The monoisotopic (exact) mass is 394 g/mol. The van der Waals surface area contributed by atoms with Gasteiger partial charge in [-0.05, 0) is 47.9 Å². The Balaban J connectivity index is 1.37. The molecule has 4 rings (SSSR count). The summed E-state index contributed by atoms with van der Waals surface area (Å²) in [4.78, 5) is 4.79. The van der Waals surface area contributed by atoms with Gasteiger partial charge in [-0.25, -0.2) is 9.38 Å². The summed E-state index contributed by atoms with van der Waals surface area (Å²) in [5.41, 5.74) is 4.73. The van der Waals surface area contributed by atoms with Gasteiger partial charge in [-0.3, -0.25) is 0 Å². The van der Waals surface area contributed by atoms with Gasteiger partial charge >= 0.3 is 0 Å². The Morgan fingerprint density at radius 2 is 1.93 bits per heavy atom. The van der Waals surface area contributed by atoms with Crippen LogP contribution in [0.15, 0.2) is 71.9 Å². The molecule has 5 heteroatoms. The molecule has 0 aliphatic carbocycles. The summed E-state index contributed by atoms with van der Waals surface area (Å²) in [7, 11) is 0. The summed E-state index contributed by atoms with van der Waals surface area (Å²) in [5.74, 6) is 2.27. The molecule has 1 atom stereocenters. The van der Waals surface area contributed by atoms with Gasteiger partial charge in [-0.2, -0.15) is 11.8 Å². The van der Waals surface area contributed by atoms with Gasteiger partial charge in [0.1, 0.15) is 18.1 Å². The first kappa shape index (κ1) is 18.8. The van der Waals surface area contributed by atoms with Crippen molar-refractivity contribution in [1.29, 1.82) is 0 Å². The minimum absolute atomic E-state index is 0.155. The second kappa shape index (κ2) is 8.65. The zero-order chi connectivity index (χ0) is 19.3. The van der Waals surface area contributed by atoms with Gasteiger partial charge in [0, 0.05) is 24.2 Å². The SMILES string of the molecule is Cc1ccccc1Cn1cccc1C1=N[C@@H](CSCc2ccc(F)cc2)CO1. The number of rotatable bonds is 7. The van der Waals surface area contributed by atoms with Gasteiger partial charge in [-0.15, -0.1) is 0 Å². The lowest BCUT2D eigenvalue weighted by Gasteiger charge is -2.11. The standard InChI is InChI=1S/C23H23FN2OS/c1-17-5-2-3-6-19(17)13-26-12-4-7-22(26)23-25-21(14-27-23)16-28-15-18-8-10-20(24)11-9-18/h2-12,21H,13-16H2,1H3/t21-/m1/s1. The fourth-order valence-corrected chi connectivity index (χ4v) is 4.24. The molecule has 0 amide bonds. The van der Waals surface area contributed by atoms with Crippen LogP contribution in [0.4, 0.5) is 4.39 Å². The van der Waals surface area contributed by atoms with E-state index in [1.165, 1.54) is 23.3 Å². The van der Waals surface area contributed by atoms with Gasteiger partial charge in [0.25, 0.3) is 0 Å². The van der Waals surface area contributed by atoms with Crippen LogP contribution in [-0.2, 0) is 17.0 Å². The molecule has 0 unspecified atom stereocenters. The fraction of sp³-hybridized carbons (Fsp3) is 0.261. The molecule has 0 saturated carbocycles. The molecule has 0 spiro atoms. The average molecular weight is 395 g/mol. The summed E-state index contributed by atoms with van der Waals surface area (Å²) in [5, 5.41) is 0. The number of aromatic nitrogens is 1. The van der Waals surface area contributed by atoms with Crippen molar-refractivity contribution in [3.05, 3.63) is 95.1 Å². The van der Waals surface area contributed by atoms with E-state index in [9.17, 15) is 4.39 Å². The number of halogens is 1. The summed E-state index contributed by atoms with van der Waals surface area (Å²) in [6.45, 7) is 3.55. The van der Waals surface area contributed by atoms with Crippen LogP contribution in [0.1, 0.15) is 22.4 Å². The zero-order valence-corrected chi connectivity index (χ0v) is 16.7. The highest BCUT2D eigenvalue weighted by Crippen LogP contribution is 2.20. The minimum atomic E-state index is -0.194. The molecule has 0 radical (unpaired) electrons. The zero-order valence-electron chi connectivity index (χ0n) is 15.8. The van der Waals surface area contributed by atoms with E-state index in [-0.39, 0.29) is 11.9 Å². The Hall–Kier alpha value is -2.53. The predicted molar refractivity (Wildman–Crippen MR) is 114 cm³/mol. The van der Waals surface area contributed by atoms with Gasteiger partial charge in [0.05, 0.1) is 6.04 Å². The number of aliphatic imine (C=N–C) groups is 1. The molecule has 1 aromatic heterocycles. The third-order valence-electron chi connectivity index (χ3n) is 4.86. The number of nitrogens with zero attached hydrogens (tertiary/aromatic N) is 2. The van der Waals surface area contributed by atoms with Gasteiger partial charge in [0.2, 0.25) is 5.90 Å². The maximum absolute atomic E-state index is 13.0. The molecule has 144 valence electrons. The first-order valence-corrected chi connectivity index (χ1v) is 10.6. The Bertz CT molecular complexity index is 965. The lowest BCUT2D eigenvalue weighted by Crippen LogP contribution is -2.11. The number of hydrogen-bond donors (Lipinski definition) is 0. The number of thioether (sulfide) groups is 1. The van der Waals surface area contributed by atoms with Crippen molar-refractivity contribution in [2.24, 2.45) is 4.99 Å². The molecule has 0 N–H and O–H groups in total. The average Bonchev–Trinajstić information content (AvgIpc) is 3.34. The first-order valence-electron chi connectivity index (χ1n) is 9.42. The normalized spacial score (nSPS) is 16.1. The maximum atomic E-state index is 13.0. The minimum Gasteiger partial charge on any atom is -0.474 e. The molecule has 2 heterocycles. The van der Waals surface area contributed by atoms with Crippen LogP contribution >= 0.6 is 11.8 Å². The second-order valence-corrected chi connectivity index (χ2v) is 8.02. The maximum Gasteiger partial charge on any atom is 0.233 e. The molecule has 3 nitrogen and oxygen atoms in total. The Labute approximate surface area is 169 Å². The first-order chi connectivity index (χ1) is 13.7. The van der Waals surface area contributed by atoms with E-state index in [0.29, 0.717) is 6.61 Å². The topological polar surface area (TPSA) is 26.5 Å². The molecule has 28 heavy (non-hydrogen) atoms. The second-order valence-electron chi connectivity index (χ2n) is 6.99. The molecule has 3 aromatic rings. The quantitative estimate of drug-likeness (QED) is 0.560. The molecule has 2 aromatic carbocycles. The van der Waals surface area contributed by atoms with Crippen LogP contribution in [0.25, 0.3) is 0 Å². The highest BCUT2D eigenvalue weighted by molar-refractivity contribution is 7.98. The Kier molecular flexibility index (Phi) is 5.81. The number of benzene rings is 2. The van der Waals surface area contributed by atoms with Crippen LogP contribution < -0.4 is 0 Å². The van der Waals surface area contributed by atoms with Crippen molar-refractivity contribution in [2.45, 2.75) is 25.3 Å². The largest absolute Gasteiger partial charge is 0.474 e. The van der Waals surface area contributed by atoms with E-state index in [4.69, 9.17) is 9.73 Å². The Morgan fingerprint density at radius 3 is 2.75 bits per heavy atom. The van der Waals surface area contributed by atoms with Gasteiger partial charge < -0.3 is 9.30 Å². The van der Waals surface area contributed by atoms with Crippen LogP contribution in [0.3, 0.4) is 0 Å². The van der Waals surface area contributed by atoms with Crippen LogP contribution in [0, 0.1) is 12.7 Å². The molecular weight excluding hydrogens is 371 g/mol. The lowest BCUT2D eigenvalue weighted by molar-refractivity contribution is 0.323.